The average molecular weight is 222 g/mol. The number of hydrogen-bond donors (Lipinski definition) is 0. The lowest BCUT2D eigenvalue weighted by atomic mass is 9.99. The molecule has 0 spiro atoms. The molecule has 1 aliphatic heterocycles. The summed E-state index contributed by atoms with van der Waals surface area (Å²) in [4.78, 5) is 2.59. The lowest BCUT2D eigenvalue weighted by Gasteiger charge is -2.35. The molecule has 2 heterocycles. The van der Waals surface area contributed by atoms with Crippen molar-refractivity contribution in [3.8, 4) is 0 Å². The lowest BCUT2D eigenvalue weighted by molar-refractivity contribution is 0.135. The quantitative estimate of drug-likeness (QED) is 0.787. The van der Waals surface area contributed by atoms with Crippen molar-refractivity contribution in [2.24, 2.45) is 0 Å². The van der Waals surface area contributed by atoms with E-state index in [0.29, 0.717) is 0 Å². The van der Waals surface area contributed by atoms with Gasteiger partial charge in [0.15, 0.2) is 0 Å². The Morgan fingerprint density at radius 2 is 2.19 bits per heavy atom. The Kier molecular flexibility index (Phi) is 3.64. The van der Waals surface area contributed by atoms with Gasteiger partial charge in [0.05, 0.1) is 5.69 Å². The maximum absolute atomic E-state index is 5.23. The predicted molar refractivity (Wildman–Crippen MR) is 64.3 cm³/mol. The van der Waals surface area contributed by atoms with E-state index >= 15 is 0 Å². The van der Waals surface area contributed by atoms with Gasteiger partial charge in [-0.3, -0.25) is 4.90 Å². The second kappa shape index (κ2) is 5.00. The molecule has 90 valence electrons. The van der Waals surface area contributed by atoms with Gasteiger partial charge in [0.1, 0.15) is 5.76 Å². The van der Waals surface area contributed by atoms with Gasteiger partial charge in [-0.05, 0) is 39.7 Å². The lowest BCUT2D eigenvalue weighted by Crippen LogP contribution is -2.38. The summed E-state index contributed by atoms with van der Waals surface area (Å²) in [6.07, 6.45) is 5.32. The third-order valence-corrected chi connectivity index (χ3v) is 3.76. The number of rotatable bonds is 3. The third-order valence-electron chi connectivity index (χ3n) is 3.76. The van der Waals surface area contributed by atoms with Crippen molar-refractivity contribution in [1.29, 1.82) is 0 Å². The number of piperidine rings is 1. The van der Waals surface area contributed by atoms with Gasteiger partial charge in [-0.25, -0.2) is 0 Å². The van der Waals surface area contributed by atoms with Crippen molar-refractivity contribution in [3.63, 3.8) is 0 Å². The van der Waals surface area contributed by atoms with Crippen LogP contribution in [0.15, 0.2) is 4.52 Å². The molecule has 0 saturated carbocycles. The van der Waals surface area contributed by atoms with Crippen LogP contribution >= 0.6 is 0 Å². The van der Waals surface area contributed by atoms with Crippen molar-refractivity contribution < 1.29 is 4.52 Å². The second-order valence-corrected chi connectivity index (χ2v) is 4.83. The molecule has 0 N–H and O–H groups in total. The van der Waals surface area contributed by atoms with Crippen LogP contribution in [0.3, 0.4) is 0 Å². The molecule has 1 aromatic heterocycles. The normalized spacial score (nSPS) is 22.6. The van der Waals surface area contributed by atoms with Gasteiger partial charge in [-0.15, -0.1) is 0 Å². The topological polar surface area (TPSA) is 29.3 Å². The van der Waals surface area contributed by atoms with E-state index in [4.69, 9.17) is 4.52 Å². The van der Waals surface area contributed by atoms with E-state index < -0.39 is 0 Å². The first kappa shape index (κ1) is 11.6. The minimum atomic E-state index is 0.752. The summed E-state index contributed by atoms with van der Waals surface area (Å²) in [6.45, 7) is 8.58. The molecule has 0 aromatic carbocycles. The predicted octanol–water partition coefficient (Wildman–Crippen LogP) is 3.06. The number of nitrogens with zero attached hydrogens (tertiary/aromatic N) is 2. The third kappa shape index (κ3) is 2.29. The first-order valence-electron chi connectivity index (χ1n) is 6.38. The molecular weight excluding hydrogens is 200 g/mol. The van der Waals surface area contributed by atoms with Crippen molar-refractivity contribution in [2.45, 2.75) is 59.0 Å². The van der Waals surface area contributed by atoms with E-state index in [2.05, 4.69) is 17.0 Å². The Labute approximate surface area is 97.8 Å². The minimum Gasteiger partial charge on any atom is -0.361 e. The van der Waals surface area contributed by atoms with E-state index in [1.807, 2.05) is 13.8 Å². The first-order valence-corrected chi connectivity index (χ1v) is 6.38. The van der Waals surface area contributed by atoms with E-state index in [9.17, 15) is 0 Å². The van der Waals surface area contributed by atoms with E-state index in [1.54, 1.807) is 0 Å². The Balaban J connectivity index is 2.07. The second-order valence-electron chi connectivity index (χ2n) is 4.83. The maximum Gasteiger partial charge on any atom is 0.138 e. The molecule has 0 radical (unpaired) electrons. The summed E-state index contributed by atoms with van der Waals surface area (Å²) in [6, 6.07) is 0.752. The highest BCUT2D eigenvalue weighted by molar-refractivity contribution is 5.20. The summed E-state index contributed by atoms with van der Waals surface area (Å²) >= 11 is 0. The van der Waals surface area contributed by atoms with Crippen LogP contribution in [-0.4, -0.2) is 22.6 Å². The Morgan fingerprint density at radius 3 is 2.81 bits per heavy atom. The number of aromatic nitrogens is 1. The standard InChI is InChI=1S/C13H22N2O/c1-4-12-7-5-6-8-15(12)9-13-10(2)14-16-11(13)3/h12H,4-9H2,1-3H3. The van der Waals surface area contributed by atoms with Crippen LogP contribution in [0.2, 0.25) is 0 Å². The molecule has 16 heavy (non-hydrogen) atoms. The highest BCUT2D eigenvalue weighted by atomic mass is 16.5. The van der Waals surface area contributed by atoms with Gasteiger partial charge in [0, 0.05) is 18.2 Å². The zero-order valence-corrected chi connectivity index (χ0v) is 10.6. The van der Waals surface area contributed by atoms with Gasteiger partial charge >= 0.3 is 0 Å². The van der Waals surface area contributed by atoms with Crippen molar-refractivity contribution in [1.82, 2.24) is 10.1 Å². The van der Waals surface area contributed by atoms with Crippen LogP contribution in [0, 0.1) is 13.8 Å². The number of likely N-dealkylation sites (tertiary alicyclic amines) is 1. The molecule has 3 nitrogen and oxygen atoms in total. The SMILES string of the molecule is CCC1CCCCN1Cc1c(C)noc1C. The monoisotopic (exact) mass is 222 g/mol. The van der Waals surface area contributed by atoms with Crippen LogP contribution < -0.4 is 0 Å². The molecule has 1 unspecified atom stereocenters. The summed E-state index contributed by atoms with van der Waals surface area (Å²) < 4.78 is 5.23. The average Bonchev–Trinajstić information content (AvgIpc) is 2.61. The molecular formula is C13H22N2O. The van der Waals surface area contributed by atoms with Crippen LogP contribution in [0.1, 0.15) is 49.6 Å². The Morgan fingerprint density at radius 1 is 1.38 bits per heavy atom. The van der Waals surface area contributed by atoms with Gasteiger partial charge in [-0.1, -0.05) is 18.5 Å². The van der Waals surface area contributed by atoms with Crippen molar-refractivity contribution in [3.05, 3.63) is 17.0 Å². The smallest absolute Gasteiger partial charge is 0.138 e. The molecule has 0 aliphatic carbocycles. The van der Waals surface area contributed by atoms with E-state index in [1.165, 1.54) is 37.8 Å². The number of aryl methyl sites for hydroxylation is 2. The van der Waals surface area contributed by atoms with Gasteiger partial charge in [-0.2, -0.15) is 0 Å². The molecule has 3 heteroatoms. The minimum absolute atomic E-state index is 0.752. The first-order chi connectivity index (χ1) is 7.72. The molecule has 1 fully saturated rings. The fraction of sp³-hybridized carbons (Fsp3) is 0.769. The highest BCUT2D eigenvalue weighted by Crippen LogP contribution is 2.23. The van der Waals surface area contributed by atoms with Gasteiger partial charge < -0.3 is 4.52 Å². The molecule has 1 aliphatic rings. The largest absolute Gasteiger partial charge is 0.361 e. The molecule has 1 aromatic rings. The molecule has 0 bridgehead atoms. The van der Waals surface area contributed by atoms with E-state index in [0.717, 1.165) is 24.0 Å². The number of hydrogen-bond acceptors (Lipinski definition) is 3. The van der Waals surface area contributed by atoms with Gasteiger partial charge in [0.2, 0.25) is 0 Å². The fourth-order valence-corrected chi connectivity index (χ4v) is 2.66. The highest BCUT2D eigenvalue weighted by Gasteiger charge is 2.22. The Hall–Kier alpha value is -0.830. The summed E-state index contributed by atoms with van der Waals surface area (Å²) in [7, 11) is 0. The van der Waals surface area contributed by atoms with Crippen LogP contribution in [0.25, 0.3) is 0 Å². The van der Waals surface area contributed by atoms with Crippen molar-refractivity contribution in [2.75, 3.05) is 6.54 Å². The fourth-order valence-electron chi connectivity index (χ4n) is 2.66. The van der Waals surface area contributed by atoms with Crippen LogP contribution in [0.4, 0.5) is 0 Å². The summed E-state index contributed by atoms with van der Waals surface area (Å²) in [5.41, 5.74) is 2.35. The molecule has 2 rings (SSSR count). The summed E-state index contributed by atoms with van der Waals surface area (Å²) in [5, 5.41) is 4.03. The van der Waals surface area contributed by atoms with Crippen LogP contribution in [0.5, 0.6) is 0 Å². The maximum atomic E-state index is 5.23. The molecule has 0 amide bonds. The molecule has 1 atom stereocenters. The summed E-state index contributed by atoms with van der Waals surface area (Å²) in [5.74, 6) is 0.984. The van der Waals surface area contributed by atoms with E-state index in [-0.39, 0.29) is 0 Å². The Bertz CT molecular complexity index is 326. The van der Waals surface area contributed by atoms with Crippen molar-refractivity contribution >= 4 is 0 Å². The zero-order valence-electron chi connectivity index (χ0n) is 10.6. The van der Waals surface area contributed by atoms with Crippen LogP contribution in [-0.2, 0) is 6.54 Å². The molecule has 1 saturated heterocycles. The van der Waals surface area contributed by atoms with Gasteiger partial charge in [0.25, 0.3) is 0 Å². The zero-order chi connectivity index (χ0) is 11.5.